The number of aromatic nitrogens is 2. The quantitative estimate of drug-likeness (QED) is 0.744. The van der Waals surface area contributed by atoms with Crippen LogP contribution in [0.3, 0.4) is 0 Å². The van der Waals surface area contributed by atoms with Crippen molar-refractivity contribution >= 4 is 51.5 Å². The minimum absolute atomic E-state index is 0.0197. The Kier molecular flexibility index (Phi) is 2.58. The third-order valence-corrected chi connectivity index (χ3v) is 2.70. The minimum atomic E-state index is -0.739. The van der Waals surface area contributed by atoms with E-state index in [4.69, 9.17) is 40.5 Å². The number of hydrogen-bond acceptors (Lipinski definition) is 3. The van der Waals surface area contributed by atoms with E-state index in [1.54, 1.807) is 0 Å². The zero-order valence-corrected chi connectivity index (χ0v) is 9.33. The second-order valence-corrected chi connectivity index (χ2v) is 3.88. The predicted molar refractivity (Wildman–Crippen MR) is 58.9 cm³/mol. The molecule has 7 heteroatoms. The van der Waals surface area contributed by atoms with Gasteiger partial charge in [-0.1, -0.05) is 34.8 Å². The van der Waals surface area contributed by atoms with Gasteiger partial charge in [-0.25, -0.2) is 14.4 Å². The smallest absolute Gasteiger partial charge is 0.167 e. The first kappa shape index (κ1) is 10.7. The minimum Gasteiger partial charge on any atom is -0.394 e. The highest BCUT2D eigenvalue weighted by molar-refractivity contribution is 6.40. The van der Waals surface area contributed by atoms with E-state index in [0.717, 1.165) is 0 Å². The van der Waals surface area contributed by atoms with Crippen LogP contribution in [0.5, 0.6) is 0 Å². The SMILES string of the molecule is Nc1c(F)c(Cl)cc2nc(Cl)c(Cl)nc12. The number of anilines is 1. The number of rotatable bonds is 0. The summed E-state index contributed by atoms with van der Waals surface area (Å²) < 4.78 is 13.3. The van der Waals surface area contributed by atoms with Gasteiger partial charge in [0.05, 0.1) is 16.2 Å². The fraction of sp³-hybridized carbons (Fsp3) is 0. The number of nitrogens with two attached hydrogens (primary N) is 1. The van der Waals surface area contributed by atoms with Crippen LogP contribution >= 0.6 is 34.8 Å². The second kappa shape index (κ2) is 3.63. The molecule has 15 heavy (non-hydrogen) atoms. The number of nitrogens with zero attached hydrogens (tertiary/aromatic N) is 2. The lowest BCUT2D eigenvalue weighted by Gasteiger charge is -2.04. The van der Waals surface area contributed by atoms with Crippen molar-refractivity contribution < 1.29 is 4.39 Å². The molecule has 0 saturated carbocycles. The Hall–Kier alpha value is -0.840. The van der Waals surface area contributed by atoms with Crippen molar-refractivity contribution in [2.24, 2.45) is 0 Å². The van der Waals surface area contributed by atoms with Crippen molar-refractivity contribution in [3.63, 3.8) is 0 Å². The van der Waals surface area contributed by atoms with Gasteiger partial charge in [-0.2, -0.15) is 0 Å². The molecule has 0 aliphatic carbocycles. The van der Waals surface area contributed by atoms with Gasteiger partial charge in [0.1, 0.15) is 5.52 Å². The summed E-state index contributed by atoms with van der Waals surface area (Å²) in [6.45, 7) is 0. The second-order valence-electron chi connectivity index (χ2n) is 2.76. The van der Waals surface area contributed by atoms with Crippen molar-refractivity contribution in [1.29, 1.82) is 0 Å². The average Bonchev–Trinajstić information content (AvgIpc) is 2.19. The Balaban J connectivity index is 2.93. The molecule has 0 fully saturated rings. The first-order valence-corrected chi connectivity index (χ1v) is 4.90. The van der Waals surface area contributed by atoms with E-state index in [1.165, 1.54) is 6.07 Å². The van der Waals surface area contributed by atoms with Crippen molar-refractivity contribution in [2.45, 2.75) is 0 Å². The van der Waals surface area contributed by atoms with Crippen molar-refractivity contribution in [1.82, 2.24) is 9.97 Å². The molecule has 0 aliphatic heterocycles. The molecule has 2 N–H and O–H groups in total. The molecule has 0 atom stereocenters. The average molecular weight is 266 g/mol. The van der Waals surface area contributed by atoms with Crippen LogP contribution in [0, 0.1) is 5.82 Å². The largest absolute Gasteiger partial charge is 0.394 e. The first-order chi connectivity index (χ1) is 7.00. The lowest BCUT2D eigenvalue weighted by atomic mass is 10.2. The summed E-state index contributed by atoms with van der Waals surface area (Å²) in [6.07, 6.45) is 0. The van der Waals surface area contributed by atoms with Gasteiger partial charge in [-0.3, -0.25) is 0 Å². The topological polar surface area (TPSA) is 51.8 Å². The molecule has 78 valence electrons. The molecule has 1 heterocycles. The van der Waals surface area contributed by atoms with E-state index < -0.39 is 5.82 Å². The number of fused-ring (bicyclic) bond motifs is 1. The van der Waals surface area contributed by atoms with Crippen LogP contribution in [0.2, 0.25) is 15.3 Å². The normalized spacial score (nSPS) is 10.9. The van der Waals surface area contributed by atoms with Gasteiger partial charge in [-0.15, -0.1) is 0 Å². The molecule has 0 amide bonds. The first-order valence-electron chi connectivity index (χ1n) is 3.77. The molecule has 0 bridgehead atoms. The van der Waals surface area contributed by atoms with Crippen molar-refractivity contribution in [3.8, 4) is 0 Å². The summed E-state index contributed by atoms with van der Waals surface area (Å²) in [4.78, 5) is 7.70. The molecule has 1 aromatic heterocycles. The van der Waals surface area contributed by atoms with E-state index in [-0.39, 0.29) is 26.5 Å². The third kappa shape index (κ3) is 1.69. The molecule has 1 aromatic carbocycles. The van der Waals surface area contributed by atoms with Gasteiger partial charge < -0.3 is 5.73 Å². The number of halogens is 4. The van der Waals surface area contributed by atoms with Gasteiger partial charge in [0.2, 0.25) is 0 Å². The van der Waals surface area contributed by atoms with E-state index >= 15 is 0 Å². The van der Waals surface area contributed by atoms with Crippen LogP contribution in [0.1, 0.15) is 0 Å². The van der Waals surface area contributed by atoms with E-state index in [9.17, 15) is 4.39 Å². The fourth-order valence-corrected chi connectivity index (χ4v) is 1.59. The van der Waals surface area contributed by atoms with Gasteiger partial charge in [0.25, 0.3) is 0 Å². The summed E-state index contributed by atoms with van der Waals surface area (Å²) in [6, 6.07) is 1.29. The Labute approximate surface area is 99.0 Å². The maximum Gasteiger partial charge on any atom is 0.167 e. The molecule has 0 unspecified atom stereocenters. The van der Waals surface area contributed by atoms with E-state index in [0.29, 0.717) is 5.52 Å². The maximum absolute atomic E-state index is 13.3. The molecule has 0 radical (unpaired) electrons. The van der Waals surface area contributed by atoms with Gasteiger partial charge in [-0.05, 0) is 6.07 Å². The molecule has 2 rings (SSSR count). The Morgan fingerprint density at radius 3 is 2.40 bits per heavy atom. The molecule has 0 aliphatic rings. The summed E-state index contributed by atoms with van der Waals surface area (Å²) in [5, 5.41) is -0.142. The summed E-state index contributed by atoms with van der Waals surface area (Å²) >= 11 is 16.9. The Morgan fingerprint density at radius 2 is 1.73 bits per heavy atom. The third-order valence-electron chi connectivity index (χ3n) is 1.81. The highest BCUT2D eigenvalue weighted by atomic mass is 35.5. The monoisotopic (exact) mass is 265 g/mol. The van der Waals surface area contributed by atoms with E-state index in [2.05, 4.69) is 9.97 Å². The fourth-order valence-electron chi connectivity index (χ4n) is 1.12. The van der Waals surface area contributed by atoms with Crippen molar-refractivity contribution in [3.05, 3.63) is 27.2 Å². The molecule has 0 spiro atoms. The van der Waals surface area contributed by atoms with Crippen LogP contribution in [-0.4, -0.2) is 9.97 Å². The Bertz CT molecular complexity index is 553. The number of nitrogen functional groups attached to an aromatic ring is 1. The van der Waals surface area contributed by atoms with Crippen LogP contribution in [0.25, 0.3) is 11.0 Å². The molecule has 0 saturated heterocycles. The predicted octanol–water partition coefficient (Wildman–Crippen LogP) is 3.31. The highest BCUT2D eigenvalue weighted by Crippen LogP contribution is 2.30. The van der Waals surface area contributed by atoms with Crippen LogP contribution < -0.4 is 5.73 Å². The molecular weight excluding hydrogens is 263 g/mol. The van der Waals surface area contributed by atoms with Crippen LogP contribution in [0.4, 0.5) is 10.1 Å². The summed E-state index contributed by atoms with van der Waals surface area (Å²) in [7, 11) is 0. The maximum atomic E-state index is 13.3. The number of benzene rings is 1. The highest BCUT2D eigenvalue weighted by Gasteiger charge is 2.13. The lowest BCUT2D eigenvalue weighted by molar-refractivity contribution is 0.634. The number of hydrogen-bond donors (Lipinski definition) is 1. The molecular formula is C8H3Cl3FN3. The summed E-state index contributed by atoms with van der Waals surface area (Å²) in [5.74, 6) is -0.739. The van der Waals surface area contributed by atoms with Gasteiger partial charge in [0.15, 0.2) is 16.1 Å². The Morgan fingerprint density at radius 1 is 1.13 bits per heavy atom. The summed E-state index contributed by atoms with van der Waals surface area (Å²) in [5.41, 5.74) is 5.73. The molecule has 3 nitrogen and oxygen atoms in total. The van der Waals surface area contributed by atoms with Crippen molar-refractivity contribution in [2.75, 3.05) is 5.73 Å². The van der Waals surface area contributed by atoms with E-state index in [1.807, 2.05) is 0 Å². The zero-order valence-electron chi connectivity index (χ0n) is 7.06. The lowest BCUT2D eigenvalue weighted by Crippen LogP contribution is -1.97. The molecule has 2 aromatic rings. The van der Waals surface area contributed by atoms with Gasteiger partial charge >= 0.3 is 0 Å². The van der Waals surface area contributed by atoms with Crippen LogP contribution in [0.15, 0.2) is 6.07 Å². The zero-order chi connectivity index (χ0) is 11.2. The standard InChI is InChI=1S/C8H3Cl3FN3/c9-2-1-3-6(5(13)4(2)12)15-8(11)7(10)14-3/h1H,13H2. The van der Waals surface area contributed by atoms with Gasteiger partial charge in [0, 0.05) is 0 Å². The van der Waals surface area contributed by atoms with Crippen LogP contribution in [-0.2, 0) is 0 Å².